The quantitative estimate of drug-likeness (QED) is 0.181. The number of ether oxygens (including phenoxy) is 1. The lowest BCUT2D eigenvalue weighted by molar-refractivity contribution is -0.131. The first kappa shape index (κ1) is 21.7. The predicted octanol–water partition coefficient (Wildman–Crippen LogP) is 4.63. The highest BCUT2D eigenvalue weighted by Gasteiger charge is 2.29. The SMILES string of the molecule is C=NN(C(=O)/C(Cl)=C(\C)OCCC#Cc1ccc(CF)cc1)C(C)(C)C. The van der Waals surface area contributed by atoms with Gasteiger partial charge in [-0.05, 0) is 45.4 Å². The molecule has 0 aliphatic heterocycles. The molecule has 0 aliphatic carbocycles. The lowest BCUT2D eigenvalue weighted by atomic mass is 10.1. The lowest BCUT2D eigenvalue weighted by Gasteiger charge is -2.30. The number of benzene rings is 1. The number of halogens is 2. The highest BCUT2D eigenvalue weighted by Crippen LogP contribution is 2.21. The number of hydrogen-bond acceptors (Lipinski definition) is 3. The van der Waals surface area contributed by atoms with Gasteiger partial charge in [-0.3, -0.25) is 4.79 Å². The summed E-state index contributed by atoms with van der Waals surface area (Å²) in [7, 11) is 0. The summed E-state index contributed by atoms with van der Waals surface area (Å²) in [6.07, 6.45) is 0.462. The third-order valence-corrected chi connectivity index (χ3v) is 3.78. The molecule has 140 valence electrons. The molecule has 1 rings (SSSR count). The zero-order chi connectivity index (χ0) is 19.7. The van der Waals surface area contributed by atoms with Crippen molar-refractivity contribution >= 4 is 24.2 Å². The fourth-order valence-corrected chi connectivity index (χ4v) is 2.12. The number of carbonyl (C=O) groups is 1. The Kier molecular flexibility index (Phi) is 8.34. The number of rotatable bonds is 6. The molecule has 1 amide bonds. The zero-order valence-electron chi connectivity index (χ0n) is 15.6. The van der Waals surface area contributed by atoms with Crippen LogP contribution < -0.4 is 0 Å². The van der Waals surface area contributed by atoms with E-state index in [1.165, 1.54) is 5.01 Å². The van der Waals surface area contributed by atoms with Crippen LogP contribution >= 0.6 is 11.6 Å². The molecule has 6 heteroatoms. The fraction of sp³-hybridized carbons (Fsp3) is 0.400. The summed E-state index contributed by atoms with van der Waals surface area (Å²) in [6.45, 7) is 10.3. The third-order valence-electron chi connectivity index (χ3n) is 3.35. The smallest absolute Gasteiger partial charge is 0.289 e. The van der Waals surface area contributed by atoms with Crippen molar-refractivity contribution < 1.29 is 13.9 Å². The Bertz CT molecular complexity index is 725. The van der Waals surface area contributed by atoms with E-state index in [1.807, 2.05) is 20.8 Å². The summed E-state index contributed by atoms with van der Waals surface area (Å²) in [5, 5.41) is 4.90. The molecule has 0 bridgehead atoms. The van der Waals surface area contributed by atoms with E-state index in [0.717, 1.165) is 5.56 Å². The molecule has 0 saturated heterocycles. The van der Waals surface area contributed by atoms with Gasteiger partial charge in [-0.15, -0.1) is 0 Å². The average Bonchev–Trinajstić information content (AvgIpc) is 2.60. The van der Waals surface area contributed by atoms with Gasteiger partial charge < -0.3 is 4.74 Å². The van der Waals surface area contributed by atoms with Gasteiger partial charge in [-0.25, -0.2) is 9.40 Å². The van der Waals surface area contributed by atoms with Gasteiger partial charge in [0.2, 0.25) is 0 Å². The van der Waals surface area contributed by atoms with Crippen molar-refractivity contribution in [1.29, 1.82) is 0 Å². The van der Waals surface area contributed by atoms with Crippen LogP contribution in [-0.4, -0.2) is 29.8 Å². The molecule has 0 aliphatic rings. The fourth-order valence-electron chi connectivity index (χ4n) is 1.98. The van der Waals surface area contributed by atoms with Crippen molar-refractivity contribution in [2.45, 2.75) is 46.3 Å². The van der Waals surface area contributed by atoms with Crippen molar-refractivity contribution in [1.82, 2.24) is 5.01 Å². The molecule has 26 heavy (non-hydrogen) atoms. The molecule has 0 unspecified atom stereocenters. The van der Waals surface area contributed by atoms with Crippen LogP contribution in [0.25, 0.3) is 0 Å². The average molecular weight is 379 g/mol. The Hall–Kier alpha value is -2.32. The van der Waals surface area contributed by atoms with Gasteiger partial charge in [-0.2, -0.15) is 5.10 Å². The molecule has 0 heterocycles. The first-order valence-electron chi connectivity index (χ1n) is 8.15. The van der Waals surface area contributed by atoms with Gasteiger partial charge >= 0.3 is 0 Å². The first-order valence-corrected chi connectivity index (χ1v) is 8.52. The number of alkyl halides is 1. The predicted molar refractivity (Wildman–Crippen MR) is 103 cm³/mol. The minimum Gasteiger partial charge on any atom is -0.495 e. The molecule has 0 radical (unpaired) electrons. The summed E-state index contributed by atoms with van der Waals surface area (Å²) in [6, 6.07) is 6.94. The van der Waals surface area contributed by atoms with Gasteiger partial charge in [0.15, 0.2) is 0 Å². The van der Waals surface area contributed by atoms with Crippen LogP contribution in [0.3, 0.4) is 0 Å². The first-order chi connectivity index (χ1) is 12.2. The zero-order valence-corrected chi connectivity index (χ0v) is 16.4. The molecule has 4 nitrogen and oxygen atoms in total. The molecule has 1 aromatic rings. The Morgan fingerprint density at radius 1 is 1.35 bits per heavy atom. The van der Waals surface area contributed by atoms with Crippen LogP contribution in [0.15, 0.2) is 40.2 Å². The molecule has 0 saturated carbocycles. The van der Waals surface area contributed by atoms with E-state index in [0.29, 0.717) is 24.4 Å². The van der Waals surface area contributed by atoms with Crippen molar-refractivity contribution in [3.05, 3.63) is 46.2 Å². The lowest BCUT2D eigenvalue weighted by Crippen LogP contribution is -2.42. The summed E-state index contributed by atoms with van der Waals surface area (Å²) in [5.74, 6) is 5.77. The second-order valence-corrected chi connectivity index (χ2v) is 6.91. The van der Waals surface area contributed by atoms with Crippen LogP contribution in [0.1, 0.15) is 45.2 Å². The Morgan fingerprint density at radius 3 is 2.46 bits per heavy atom. The molecule has 1 aromatic carbocycles. The molecule has 0 atom stereocenters. The monoisotopic (exact) mass is 378 g/mol. The summed E-state index contributed by atoms with van der Waals surface area (Å²) < 4.78 is 17.9. The van der Waals surface area contributed by atoms with Crippen LogP contribution in [-0.2, 0) is 16.2 Å². The van der Waals surface area contributed by atoms with E-state index in [1.54, 1.807) is 31.2 Å². The largest absolute Gasteiger partial charge is 0.495 e. The Balaban J connectivity index is 2.60. The third kappa shape index (κ3) is 6.53. The van der Waals surface area contributed by atoms with Crippen LogP contribution in [0, 0.1) is 11.8 Å². The highest BCUT2D eigenvalue weighted by atomic mass is 35.5. The van der Waals surface area contributed by atoms with Crippen LogP contribution in [0.4, 0.5) is 4.39 Å². The maximum atomic E-state index is 12.4. The van der Waals surface area contributed by atoms with Crippen molar-refractivity contribution in [3.8, 4) is 11.8 Å². The van der Waals surface area contributed by atoms with Gasteiger partial charge in [-0.1, -0.05) is 35.6 Å². The van der Waals surface area contributed by atoms with Gasteiger partial charge in [0.25, 0.3) is 5.91 Å². The molecule has 0 spiro atoms. The number of carbonyl (C=O) groups excluding carboxylic acids is 1. The molecule has 0 N–H and O–H groups in total. The summed E-state index contributed by atoms with van der Waals surface area (Å²) in [5.41, 5.74) is 0.889. The van der Waals surface area contributed by atoms with E-state index < -0.39 is 18.1 Å². The number of nitrogens with zero attached hydrogens (tertiary/aromatic N) is 2. The highest BCUT2D eigenvalue weighted by molar-refractivity contribution is 6.42. The van der Waals surface area contributed by atoms with Crippen LogP contribution in [0.2, 0.25) is 0 Å². The van der Waals surface area contributed by atoms with Crippen molar-refractivity contribution in [2.24, 2.45) is 5.10 Å². The maximum Gasteiger partial charge on any atom is 0.289 e. The minimum absolute atomic E-state index is 0.0397. The second-order valence-electron chi connectivity index (χ2n) is 6.53. The van der Waals surface area contributed by atoms with E-state index in [9.17, 15) is 9.18 Å². The molecule has 0 aromatic heterocycles. The number of allylic oxidation sites excluding steroid dienone is 1. The maximum absolute atomic E-state index is 12.4. The van der Waals surface area contributed by atoms with E-state index >= 15 is 0 Å². The molecular weight excluding hydrogens is 355 g/mol. The van der Waals surface area contributed by atoms with Crippen molar-refractivity contribution in [2.75, 3.05) is 6.61 Å². The van der Waals surface area contributed by atoms with Gasteiger partial charge in [0.1, 0.15) is 17.5 Å². The topological polar surface area (TPSA) is 41.9 Å². The summed E-state index contributed by atoms with van der Waals surface area (Å²) in [4.78, 5) is 12.4. The Labute approximate surface area is 159 Å². The normalized spacial score (nSPS) is 11.8. The van der Waals surface area contributed by atoms with Gasteiger partial charge in [0, 0.05) is 18.7 Å². The molecular formula is C20H24ClFN2O2. The Morgan fingerprint density at radius 2 is 1.96 bits per heavy atom. The standard InChI is InChI=1S/C20H24ClFN2O2/c1-15(18(21)19(25)24(23-5)20(2,3)4)26-13-7-6-8-16-9-11-17(14-22)12-10-16/h9-12H,5,7,13-14H2,1-4H3/b18-15-. The van der Waals surface area contributed by atoms with Crippen molar-refractivity contribution in [3.63, 3.8) is 0 Å². The number of amides is 1. The summed E-state index contributed by atoms with van der Waals surface area (Å²) >= 11 is 6.11. The number of hydrazone groups is 1. The molecule has 0 fully saturated rings. The van der Waals surface area contributed by atoms with E-state index in [-0.39, 0.29) is 5.03 Å². The second kappa shape index (κ2) is 9.98. The van der Waals surface area contributed by atoms with Gasteiger partial charge in [0.05, 0.1) is 12.1 Å². The van der Waals surface area contributed by atoms with E-state index in [2.05, 4.69) is 23.7 Å². The van der Waals surface area contributed by atoms with E-state index in [4.69, 9.17) is 16.3 Å². The number of hydrogen-bond donors (Lipinski definition) is 0. The minimum atomic E-state index is -0.539. The van der Waals surface area contributed by atoms with Crippen LogP contribution in [0.5, 0.6) is 0 Å².